The minimum absolute atomic E-state index is 0.334. The first-order valence-electron chi connectivity index (χ1n) is 3.81. The van der Waals surface area contributed by atoms with Gasteiger partial charge in [-0.15, -0.1) is 0 Å². The molecule has 0 bridgehead atoms. The highest BCUT2D eigenvalue weighted by atomic mass is 28.2. The van der Waals surface area contributed by atoms with E-state index in [1.165, 1.54) is 6.42 Å². The van der Waals surface area contributed by atoms with E-state index in [4.69, 9.17) is 10.2 Å². The second kappa shape index (κ2) is 4.88. The van der Waals surface area contributed by atoms with Gasteiger partial charge in [-0.1, -0.05) is 13.8 Å². The average Bonchev–Trinajstić information content (AvgIpc) is 1.84. The highest BCUT2D eigenvalue weighted by molar-refractivity contribution is 5.97. The number of rotatable bonds is 5. The Bertz CT molecular complexity index is 85.7. The molecule has 0 heterocycles. The maximum Gasteiger partial charge on any atom is 0.145 e. The smallest absolute Gasteiger partial charge is 0.145 e. The van der Waals surface area contributed by atoms with Crippen molar-refractivity contribution in [2.24, 2.45) is 11.1 Å². The molecule has 62 valence electrons. The lowest BCUT2D eigenvalue weighted by Crippen LogP contribution is -2.19. The zero-order valence-corrected chi connectivity index (χ0v) is 9.31. The van der Waals surface area contributed by atoms with E-state index in [9.17, 15) is 0 Å². The third-order valence-electron chi connectivity index (χ3n) is 1.59. The standard InChI is InChI=1S/C7H19NOSi/c1-7(2,6-9-10)4-3-5-8/h3-6,8H2,1-2,10H3. The van der Waals surface area contributed by atoms with E-state index in [-0.39, 0.29) is 0 Å². The summed E-state index contributed by atoms with van der Waals surface area (Å²) in [6.45, 7) is 6.13. The Morgan fingerprint density at radius 2 is 2.10 bits per heavy atom. The molecule has 10 heavy (non-hydrogen) atoms. The van der Waals surface area contributed by atoms with E-state index in [1.54, 1.807) is 0 Å². The third-order valence-corrected chi connectivity index (χ3v) is 1.88. The maximum absolute atomic E-state index is 5.40. The molecular formula is C7H19NOSi. The van der Waals surface area contributed by atoms with Crippen LogP contribution in [-0.4, -0.2) is 23.6 Å². The molecule has 0 saturated heterocycles. The van der Waals surface area contributed by atoms with Crippen molar-refractivity contribution < 1.29 is 4.43 Å². The van der Waals surface area contributed by atoms with Crippen molar-refractivity contribution in [3.05, 3.63) is 0 Å². The molecule has 0 fully saturated rings. The topological polar surface area (TPSA) is 35.2 Å². The van der Waals surface area contributed by atoms with Crippen molar-refractivity contribution >= 4 is 10.5 Å². The summed E-state index contributed by atoms with van der Waals surface area (Å²) in [5.74, 6) is 0. The number of hydrogen-bond donors (Lipinski definition) is 1. The monoisotopic (exact) mass is 161 g/mol. The Kier molecular flexibility index (Phi) is 4.94. The molecule has 0 spiro atoms. The van der Waals surface area contributed by atoms with Gasteiger partial charge < -0.3 is 10.2 Å². The van der Waals surface area contributed by atoms with Gasteiger partial charge in [-0.05, 0) is 24.8 Å². The minimum Gasteiger partial charge on any atom is -0.427 e. The molecular weight excluding hydrogens is 142 g/mol. The summed E-state index contributed by atoms with van der Waals surface area (Å²) in [5.41, 5.74) is 5.73. The van der Waals surface area contributed by atoms with Crippen molar-refractivity contribution in [1.29, 1.82) is 0 Å². The van der Waals surface area contributed by atoms with Gasteiger partial charge in [-0.3, -0.25) is 0 Å². The Morgan fingerprint density at radius 3 is 2.50 bits per heavy atom. The van der Waals surface area contributed by atoms with Crippen LogP contribution < -0.4 is 5.73 Å². The van der Waals surface area contributed by atoms with E-state index in [0.717, 1.165) is 30.1 Å². The Morgan fingerprint density at radius 1 is 1.50 bits per heavy atom. The molecule has 0 aromatic heterocycles. The normalized spacial score (nSPS) is 12.3. The Labute approximate surface area is 66.7 Å². The molecule has 0 unspecified atom stereocenters. The average molecular weight is 161 g/mol. The summed E-state index contributed by atoms with van der Waals surface area (Å²) in [5, 5.41) is 0. The molecule has 0 aromatic rings. The zero-order chi connectivity index (χ0) is 8.04. The van der Waals surface area contributed by atoms with Gasteiger partial charge in [0.2, 0.25) is 0 Å². The minimum atomic E-state index is 0.334. The molecule has 0 aromatic carbocycles. The predicted molar refractivity (Wildman–Crippen MR) is 48.0 cm³/mol. The van der Waals surface area contributed by atoms with Crippen LogP contribution in [0.5, 0.6) is 0 Å². The first kappa shape index (κ1) is 10.1. The van der Waals surface area contributed by atoms with Crippen LogP contribution in [-0.2, 0) is 4.43 Å². The van der Waals surface area contributed by atoms with E-state index < -0.39 is 0 Å². The van der Waals surface area contributed by atoms with Crippen LogP contribution in [0.15, 0.2) is 0 Å². The summed E-state index contributed by atoms with van der Waals surface area (Å²) in [6, 6.07) is 0. The largest absolute Gasteiger partial charge is 0.427 e. The SMILES string of the molecule is CC(C)(CCCN)CO[SiH3]. The lowest BCUT2D eigenvalue weighted by molar-refractivity contribution is 0.179. The van der Waals surface area contributed by atoms with Crippen LogP contribution in [0, 0.1) is 5.41 Å². The van der Waals surface area contributed by atoms with E-state index in [0.29, 0.717) is 5.41 Å². The van der Waals surface area contributed by atoms with Gasteiger partial charge in [0, 0.05) is 6.61 Å². The zero-order valence-electron chi connectivity index (χ0n) is 7.31. The van der Waals surface area contributed by atoms with Gasteiger partial charge in [-0.25, -0.2) is 0 Å². The number of nitrogens with two attached hydrogens (primary N) is 1. The molecule has 0 amide bonds. The third kappa shape index (κ3) is 4.96. The van der Waals surface area contributed by atoms with Gasteiger partial charge in [-0.2, -0.15) is 0 Å². The van der Waals surface area contributed by atoms with Gasteiger partial charge in [0.05, 0.1) is 0 Å². The van der Waals surface area contributed by atoms with E-state index >= 15 is 0 Å². The molecule has 0 radical (unpaired) electrons. The van der Waals surface area contributed by atoms with Crippen LogP contribution in [0.2, 0.25) is 0 Å². The summed E-state index contributed by atoms with van der Waals surface area (Å²) in [7, 11) is 0.847. The summed E-state index contributed by atoms with van der Waals surface area (Å²) in [4.78, 5) is 0. The molecule has 2 N–H and O–H groups in total. The molecule has 3 heteroatoms. The quantitative estimate of drug-likeness (QED) is 0.578. The highest BCUT2D eigenvalue weighted by Crippen LogP contribution is 2.21. The van der Waals surface area contributed by atoms with Crippen LogP contribution in [0.4, 0.5) is 0 Å². The van der Waals surface area contributed by atoms with Crippen LogP contribution in [0.3, 0.4) is 0 Å². The van der Waals surface area contributed by atoms with Gasteiger partial charge in [0.1, 0.15) is 10.5 Å². The molecule has 0 rings (SSSR count). The summed E-state index contributed by atoms with van der Waals surface area (Å²) < 4.78 is 5.20. The van der Waals surface area contributed by atoms with Crippen molar-refractivity contribution in [1.82, 2.24) is 0 Å². The summed E-state index contributed by atoms with van der Waals surface area (Å²) >= 11 is 0. The van der Waals surface area contributed by atoms with Crippen molar-refractivity contribution in [2.45, 2.75) is 26.7 Å². The van der Waals surface area contributed by atoms with Gasteiger partial charge >= 0.3 is 0 Å². The fourth-order valence-corrected chi connectivity index (χ4v) is 1.82. The fraction of sp³-hybridized carbons (Fsp3) is 1.00. The van der Waals surface area contributed by atoms with Crippen LogP contribution >= 0.6 is 0 Å². The molecule has 0 saturated carbocycles. The van der Waals surface area contributed by atoms with Crippen molar-refractivity contribution in [2.75, 3.05) is 13.2 Å². The molecule has 0 atom stereocenters. The van der Waals surface area contributed by atoms with Gasteiger partial charge in [0.15, 0.2) is 0 Å². The Balaban J connectivity index is 3.42. The Hall–Kier alpha value is 0.137. The first-order valence-corrected chi connectivity index (χ1v) is 4.63. The first-order chi connectivity index (χ1) is 4.62. The van der Waals surface area contributed by atoms with Crippen LogP contribution in [0.1, 0.15) is 26.7 Å². The maximum atomic E-state index is 5.40. The summed E-state index contributed by atoms with van der Waals surface area (Å²) in [6.07, 6.45) is 2.28. The molecule has 2 nitrogen and oxygen atoms in total. The second-order valence-electron chi connectivity index (χ2n) is 3.49. The lowest BCUT2D eigenvalue weighted by Gasteiger charge is -2.23. The number of hydrogen-bond acceptors (Lipinski definition) is 2. The van der Waals surface area contributed by atoms with Crippen LogP contribution in [0.25, 0.3) is 0 Å². The fourth-order valence-electron chi connectivity index (χ4n) is 1.04. The van der Waals surface area contributed by atoms with E-state index in [2.05, 4.69) is 13.8 Å². The lowest BCUT2D eigenvalue weighted by atomic mass is 9.89. The molecule has 0 aliphatic rings. The second-order valence-corrected chi connectivity index (χ2v) is 4.07. The van der Waals surface area contributed by atoms with E-state index in [1.807, 2.05) is 0 Å². The highest BCUT2D eigenvalue weighted by Gasteiger charge is 2.15. The van der Waals surface area contributed by atoms with Crippen molar-refractivity contribution in [3.8, 4) is 0 Å². The van der Waals surface area contributed by atoms with Crippen molar-refractivity contribution in [3.63, 3.8) is 0 Å². The predicted octanol–water partition coefficient (Wildman–Crippen LogP) is 0.0485. The van der Waals surface area contributed by atoms with Gasteiger partial charge in [0.25, 0.3) is 0 Å². The molecule has 0 aliphatic carbocycles. The molecule has 0 aliphatic heterocycles.